The number of para-hydroxylation sites is 2. The lowest BCUT2D eigenvalue weighted by Gasteiger charge is -1.79. The molecule has 0 aliphatic carbocycles. The molecular weight excluding hydrogens is 154 g/mol. The standard InChI is InChI=1S/C8H7N3O/c1-9-11-8-10-6-4-2-3-5-7(6)12-8/h2-5H,1H3. The quantitative estimate of drug-likeness (QED) is 0.603. The minimum atomic E-state index is 0.304. The van der Waals surface area contributed by atoms with Gasteiger partial charge in [-0.05, 0) is 12.1 Å². The van der Waals surface area contributed by atoms with Gasteiger partial charge in [-0.2, -0.15) is 10.1 Å². The van der Waals surface area contributed by atoms with Gasteiger partial charge in [0.05, 0.1) is 0 Å². The van der Waals surface area contributed by atoms with E-state index < -0.39 is 0 Å². The first-order valence-corrected chi connectivity index (χ1v) is 3.55. The largest absolute Gasteiger partial charge is 0.421 e. The van der Waals surface area contributed by atoms with Crippen LogP contribution >= 0.6 is 0 Å². The molecule has 1 aromatic carbocycles. The van der Waals surface area contributed by atoms with Crippen LogP contribution in [0.15, 0.2) is 38.9 Å². The number of hydrogen-bond acceptors (Lipinski definition) is 4. The van der Waals surface area contributed by atoms with E-state index in [9.17, 15) is 0 Å². The van der Waals surface area contributed by atoms with Crippen LogP contribution < -0.4 is 0 Å². The van der Waals surface area contributed by atoms with E-state index in [1.807, 2.05) is 24.3 Å². The van der Waals surface area contributed by atoms with Crippen molar-refractivity contribution >= 4 is 17.1 Å². The van der Waals surface area contributed by atoms with Crippen LogP contribution in [-0.2, 0) is 0 Å². The highest BCUT2D eigenvalue weighted by Gasteiger charge is 2.01. The molecule has 0 aliphatic heterocycles. The summed E-state index contributed by atoms with van der Waals surface area (Å²) in [7, 11) is 1.58. The molecule has 12 heavy (non-hydrogen) atoms. The molecule has 0 fully saturated rings. The van der Waals surface area contributed by atoms with Gasteiger partial charge >= 0.3 is 6.01 Å². The number of oxazole rings is 1. The van der Waals surface area contributed by atoms with Crippen LogP contribution in [0, 0.1) is 0 Å². The first kappa shape index (κ1) is 6.97. The molecule has 0 unspecified atom stereocenters. The number of azo groups is 1. The Hall–Kier alpha value is -1.71. The Morgan fingerprint density at radius 2 is 2.17 bits per heavy atom. The van der Waals surface area contributed by atoms with E-state index in [0.717, 1.165) is 11.1 Å². The normalized spacial score (nSPS) is 11.4. The lowest BCUT2D eigenvalue weighted by molar-refractivity contribution is 0.605. The number of rotatable bonds is 1. The van der Waals surface area contributed by atoms with E-state index in [2.05, 4.69) is 15.2 Å². The third-order valence-electron chi connectivity index (χ3n) is 1.47. The summed E-state index contributed by atoms with van der Waals surface area (Å²) in [5, 5.41) is 7.26. The van der Waals surface area contributed by atoms with Crippen molar-refractivity contribution in [2.45, 2.75) is 0 Å². The van der Waals surface area contributed by atoms with Crippen molar-refractivity contribution in [1.29, 1.82) is 0 Å². The number of fused-ring (bicyclic) bond motifs is 1. The number of aromatic nitrogens is 1. The second-order valence-corrected chi connectivity index (χ2v) is 2.26. The maximum absolute atomic E-state index is 5.24. The van der Waals surface area contributed by atoms with E-state index in [1.54, 1.807) is 7.05 Å². The van der Waals surface area contributed by atoms with Gasteiger partial charge in [0.2, 0.25) is 0 Å². The molecule has 0 saturated heterocycles. The first-order valence-electron chi connectivity index (χ1n) is 3.55. The zero-order valence-corrected chi connectivity index (χ0v) is 6.56. The second kappa shape index (κ2) is 2.73. The number of benzene rings is 1. The zero-order chi connectivity index (χ0) is 8.39. The fourth-order valence-electron chi connectivity index (χ4n) is 0.988. The van der Waals surface area contributed by atoms with Crippen LogP contribution in [0.3, 0.4) is 0 Å². The van der Waals surface area contributed by atoms with Gasteiger partial charge in [0.1, 0.15) is 5.52 Å². The smallest absolute Gasteiger partial charge is 0.341 e. The Balaban J connectivity index is 2.62. The van der Waals surface area contributed by atoms with Gasteiger partial charge in [0.15, 0.2) is 5.58 Å². The minimum Gasteiger partial charge on any atom is -0.421 e. The average molecular weight is 161 g/mol. The molecule has 0 amide bonds. The van der Waals surface area contributed by atoms with Gasteiger partial charge in [-0.1, -0.05) is 17.2 Å². The highest BCUT2D eigenvalue weighted by atomic mass is 16.4. The van der Waals surface area contributed by atoms with Gasteiger partial charge in [-0.25, -0.2) is 0 Å². The van der Waals surface area contributed by atoms with Gasteiger partial charge in [0, 0.05) is 7.05 Å². The van der Waals surface area contributed by atoms with E-state index >= 15 is 0 Å². The Bertz CT molecular complexity index is 386. The molecule has 4 nitrogen and oxygen atoms in total. The van der Waals surface area contributed by atoms with Crippen LogP contribution in [0.1, 0.15) is 0 Å². The van der Waals surface area contributed by atoms with Crippen LogP contribution in [-0.4, -0.2) is 12.0 Å². The summed E-state index contributed by atoms with van der Waals surface area (Å²) in [6.45, 7) is 0. The summed E-state index contributed by atoms with van der Waals surface area (Å²) < 4.78 is 5.24. The molecule has 0 bridgehead atoms. The molecule has 1 heterocycles. The van der Waals surface area contributed by atoms with Crippen molar-refractivity contribution in [1.82, 2.24) is 4.98 Å². The predicted octanol–water partition coefficient (Wildman–Crippen LogP) is 2.54. The monoisotopic (exact) mass is 161 g/mol. The Labute approximate surface area is 68.9 Å². The predicted molar refractivity (Wildman–Crippen MR) is 44.4 cm³/mol. The molecule has 1 aromatic heterocycles. The van der Waals surface area contributed by atoms with Gasteiger partial charge in [0.25, 0.3) is 0 Å². The average Bonchev–Trinajstić information content (AvgIpc) is 2.47. The van der Waals surface area contributed by atoms with Gasteiger partial charge in [-0.15, -0.1) is 0 Å². The Kier molecular flexibility index (Phi) is 1.59. The SMILES string of the molecule is CN=Nc1nc2ccccc2o1. The van der Waals surface area contributed by atoms with Crippen LogP contribution in [0.25, 0.3) is 11.1 Å². The van der Waals surface area contributed by atoms with Crippen molar-refractivity contribution in [3.63, 3.8) is 0 Å². The summed E-state index contributed by atoms with van der Waals surface area (Å²) in [5.41, 5.74) is 1.54. The Morgan fingerprint density at radius 1 is 1.33 bits per heavy atom. The van der Waals surface area contributed by atoms with Crippen molar-refractivity contribution in [2.24, 2.45) is 10.2 Å². The third-order valence-corrected chi connectivity index (χ3v) is 1.47. The molecular formula is C8H7N3O. The molecule has 4 heteroatoms. The molecule has 0 spiro atoms. The van der Waals surface area contributed by atoms with Crippen molar-refractivity contribution in [3.8, 4) is 0 Å². The molecule has 2 aromatic rings. The Morgan fingerprint density at radius 3 is 2.92 bits per heavy atom. The molecule has 0 aliphatic rings. The van der Waals surface area contributed by atoms with Crippen LogP contribution in [0.5, 0.6) is 0 Å². The van der Waals surface area contributed by atoms with Crippen molar-refractivity contribution in [2.75, 3.05) is 7.05 Å². The number of nitrogens with zero attached hydrogens (tertiary/aromatic N) is 3. The summed E-state index contributed by atoms with van der Waals surface area (Å²) in [4.78, 5) is 4.08. The molecule has 0 N–H and O–H groups in total. The zero-order valence-electron chi connectivity index (χ0n) is 6.56. The molecule has 0 radical (unpaired) electrons. The summed E-state index contributed by atoms with van der Waals surface area (Å²) >= 11 is 0. The summed E-state index contributed by atoms with van der Waals surface area (Å²) in [5.74, 6) is 0. The lowest BCUT2D eigenvalue weighted by Crippen LogP contribution is -1.63. The molecule has 60 valence electrons. The minimum absolute atomic E-state index is 0.304. The summed E-state index contributed by atoms with van der Waals surface area (Å²) in [6, 6.07) is 7.81. The maximum atomic E-state index is 5.24. The molecule has 0 saturated carbocycles. The maximum Gasteiger partial charge on any atom is 0.341 e. The highest BCUT2D eigenvalue weighted by molar-refractivity contribution is 5.73. The topological polar surface area (TPSA) is 50.8 Å². The second-order valence-electron chi connectivity index (χ2n) is 2.26. The van der Waals surface area contributed by atoms with E-state index in [0.29, 0.717) is 6.01 Å². The van der Waals surface area contributed by atoms with Gasteiger partial charge < -0.3 is 4.42 Å². The summed E-state index contributed by atoms with van der Waals surface area (Å²) in [6.07, 6.45) is 0. The third kappa shape index (κ3) is 1.07. The van der Waals surface area contributed by atoms with E-state index in [1.165, 1.54) is 0 Å². The lowest BCUT2D eigenvalue weighted by atomic mass is 10.3. The number of hydrogen-bond donors (Lipinski definition) is 0. The van der Waals surface area contributed by atoms with Crippen molar-refractivity contribution < 1.29 is 4.42 Å². The molecule has 0 atom stereocenters. The van der Waals surface area contributed by atoms with Crippen LogP contribution in [0.4, 0.5) is 6.01 Å². The van der Waals surface area contributed by atoms with Crippen molar-refractivity contribution in [3.05, 3.63) is 24.3 Å². The fourth-order valence-corrected chi connectivity index (χ4v) is 0.988. The fraction of sp³-hybridized carbons (Fsp3) is 0.125. The molecule has 2 rings (SSSR count). The van der Waals surface area contributed by atoms with Crippen LogP contribution in [0.2, 0.25) is 0 Å². The van der Waals surface area contributed by atoms with E-state index in [-0.39, 0.29) is 0 Å². The first-order chi connectivity index (χ1) is 5.90. The van der Waals surface area contributed by atoms with E-state index in [4.69, 9.17) is 4.42 Å². The van der Waals surface area contributed by atoms with Gasteiger partial charge in [-0.3, -0.25) is 0 Å². The highest BCUT2D eigenvalue weighted by Crippen LogP contribution is 2.19.